The van der Waals surface area contributed by atoms with Crippen LogP contribution in [0.1, 0.15) is 18.1 Å². The first-order valence-corrected chi connectivity index (χ1v) is 6.05. The Hall–Kier alpha value is -2.09. The first-order chi connectivity index (χ1) is 8.65. The van der Waals surface area contributed by atoms with Gasteiger partial charge in [-0.05, 0) is 36.6 Å². The van der Waals surface area contributed by atoms with Gasteiger partial charge in [-0.15, -0.1) is 0 Å². The Bertz CT molecular complexity index is 548. The molecule has 0 unspecified atom stereocenters. The van der Waals surface area contributed by atoms with Gasteiger partial charge in [-0.3, -0.25) is 4.99 Å². The monoisotopic (exact) mass is 238 g/mol. The van der Waals surface area contributed by atoms with Crippen LogP contribution in [-0.2, 0) is 0 Å². The molecule has 92 valence electrons. The van der Waals surface area contributed by atoms with Crippen LogP contribution in [0.2, 0.25) is 0 Å². The summed E-state index contributed by atoms with van der Waals surface area (Å²) in [6, 6.07) is 8.45. The number of nitrogens with zero attached hydrogens (tertiary/aromatic N) is 1. The molecule has 2 rings (SSSR count). The van der Waals surface area contributed by atoms with E-state index < -0.39 is 0 Å². The molecule has 0 bridgehead atoms. The van der Waals surface area contributed by atoms with Crippen LogP contribution in [0.15, 0.2) is 59.4 Å². The maximum Gasteiger partial charge on any atom is 0.0783 e. The predicted molar refractivity (Wildman–Crippen MR) is 78.5 cm³/mol. The van der Waals surface area contributed by atoms with Crippen molar-refractivity contribution < 1.29 is 0 Å². The van der Waals surface area contributed by atoms with Gasteiger partial charge in [0.2, 0.25) is 0 Å². The molecular weight excluding hydrogens is 220 g/mol. The number of hydrogen-bond donors (Lipinski definition) is 1. The summed E-state index contributed by atoms with van der Waals surface area (Å²) in [6.45, 7) is 8.68. The first kappa shape index (κ1) is 12.4. The lowest BCUT2D eigenvalue weighted by Crippen LogP contribution is -2.06. The molecule has 0 atom stereocenters. The number of benzene rings is 1. The van der Waals surface area contributed by atoms with Gasteiger partial charge < -0.3 is 5.32 Å². The highest BCUT2D eigenvalue weighted by molar-refractivity contribution is 6.10. The minimum absolute atomic E-state index is 0.604. The lowest BCUT2D eigenvalue weighted by molar-refractivity contribution is 0.980. The predicted octanol–water partition coefficient (Wildman–Crippen LogP) is 3.47. The fourth-order valence-electron chi connectivity index (χ4n) is 1.82. The molecule has 0 saturated carbocycles. The highest BCUT2D eigenvalue weighted by Gasteiger charge is 2.01. The van der Waals surface area contributed by atoms with Crippen LogP contribution in [0.5, 0.6) is 0 Å². The van der Waals surface area contributed by atoms with E-state index in [9.17, 15) is 0 Å². The number of nitrogens with one attached hydrogen (secondary N) is 1. The molecule has 1 heterocycles. The van der Waals surface area contributed by atoms with E-state index in [1.54, 1.807) is 0 Å². The molecule has 0 amide bonds. The van der Waals surface area contributed by atoms with Crippen LogP contribution < -0.4 is 5.32 Å². The lowest BCUT2D eigenvalue weighted by atomic mass is 10.0. The standard InChI is InChI=1S/C16H18N2/c1-12-5-4-6-15(7-12)16-8-13(2)9-18-14(3)10-17-11-16/h4-9,11,18H,3,10H2,1-2H3/b13-9+,16-8+,17-11?. The van der Waals surface area contributed by atoms with Gasteiger partial charge in [-0.1, -0.05) is 36.4 Å². The van der Waals surface area contributed by atoms with E-state index in [0.29, 0.717) is 6.54 Å². The van der Waals surface area contributed by atoms with E-state index in [-0.39, 0.29) is 0 Å². The smallest absolute Gasteiger partial charge is 0.0783 e. The number of aliphatic imine (C=N–C) groups is 1. The average Bonchev–Trinajstić information content (AvgIpc) is 2.42. The molecule has 1 N–H and O–H groups in total. The van der Waals surface area contributed by atoms with Crippen LogP contribution >= 0.6 is 0 Å². The highest BCUT2D eigenvalue weighted by atomic mass is 14.9. The molecule has 0 saturated heterocycles. The van der Waals surface area contributed by atoms with E-state index >= 15 is 0 Å². The van der Waals surface area contributed by atoms with Crippen LogP contribution in [0, 0.1) is 6.92 Å². The molecule has 2 heteroatoms. The van der Waals surface area contributed by atoms with Crippen LogP contribution in [0.4, 0.5) is 0 Å². The third-order valence-corrected chi connectivity index (χ3v) is 2.75. The van der Waals surface area contributed by atoms with E-state index in [2.05, 4.69) is 61.1 Å². The lowest BCUT2D eigenvalue weighted by Gasteiger charge is -2.03. The summed E-state index contributed by atoms with van der Waals surface area (Å²) in [4.78, 5) is 4.41. The zero-order chi connectivity index (χ0) is 13.0. The quantitative estimate of drug-likeness (QED) is 0.796. The normalized spacial score (nSPS) is 21.8. The molecule has 1 aliphatic rings. The maximum absolute atomic E-state index is 4.41. The fraction of sp³-hybridized carbons (Fsp3) is 0.188. The van der Waals surface area contributed by atoms with Crippen molar-refractivity contribution in [3.8, 4) is 0 Å². The van der Waals surface area contributed by atoms with Gasteiger partial charge >= 0.3 is 0 Å². The average molecular weight is 238 g/mol. The van der Waals surface area contributed by atoms with Crippen LogP contribution in [-0.4, -0.2) is 12.8 Å². The summed E-state index contributed by atoms with van der Waals surface area (Å²) < 4.78 is 0. The zero-order valence-corrected chi connectivity index (χ0v) is 10.9. The summed E-state index contributed by atoms with van der Waals surface area (Å²) in [5, 5.41) is 3.14. The Morgan fingerprint density at radius 2 is 2.11 bits per heavy atom. The van der Waals surface area contributed by atoms with Gasteiger partial charge in [0.15, 0.2) is 0 Å². The summed E-state index contributed by atoms with van der Waals surface area (Å²) in [5.41, 5.74) is 5.64. The van der Waals surface area contributed by atoms with E-state index in [0.717, 1.165) is 16.8 Å². The molecule has 1 aromatic rings. The van der Waals surface area contributed by atoms with Crippen LogP contribution in [0.3, 0.4) is 0 Å². The summed E-state index contributed by atoms with van der Waals surface area (Å²) in [5.74, 6) is 0. The molecule has 1 aliphatic heterocycles. The fourth-order valence-corrected chi connectivity index (χ4v) is 1.82. The van der Waals surface area contributed by atoms with Crippen molar-refractivity contribution >= 4 is 11.8 Å². The van der Waals surface area contributed by atoms with Crippen molar-refractivity contribution in [3.05, 3.63) is 65.5 Å². The zero-order valence-electron chi connectivity index (χ0n) is 10.9. The largest absolute Gasteiger partial charge is 0.364 e. The van der Waals surface area contributed by atoms with Crippen molar-refractivity contribution in [2.24, 2.45) is 4.99 Å². The summed E-state index contributed by atoms with van der Waals surface area (Å²) in [7, 11) is 0. The Morgan fingerprint density at radius 3 is 2.89 bits per heavy atom. The summed E-state index contributed by atoms with van der Waals surface area (Å²) in [6.07, 6.45) is 6.01. The molecule has 0 aromatic heterocycles. The first-order valence-electron chi connectivity index (χ1n) is 6.05. The van der Waals surface area contributed by atoms with Crippen molar-refractivity contribution in [2.75, 3.05) is 6.54 Å². The second-order valence-electron chi connectivity index (χ2n) is 4.58. The SMILES string of the molecule is C=C1CN=C/C(c2cccc(C)c2)=C\C(C)=C\N1. The molecule has 0 spiro atoms. The second-order valence-corrected chi connectivity index (χ2v) is 4.58. The minimum atomic E-state index is 0.604. The Kier molecular flexibility index (Phi) is 3.78. The third-order valence-electron chi connectivity index (χ3n) is 2.75. The molecule has 18 heavy (non-hydrogen) atoms. The minimum Gasteiger partial charge on any atom is -0.364 e. The Labute approximate surface area is 108 Å². The van der Waals surface area contributed by atoms with Gasteiger partial charge in [0.05, 0.1) is 6.54 Å². The number of aryl methyl sites for hydroxylation is 1. The highest BCUT2D eigenvalue weighted by Crippen LogP contribution is 2.17. The van der Waals surface area contributed by atoms with E-state index in [4.69, 9.17) is 0 Å². The summed E-state index contributed by atoms with van der Waals surface area (Å²) >= 11 is 0. The van der Waals surface area contributed by atoms with Crippen LogP contribution in [0.25, 0.3) is 5.57 Å². The van der Waals surface area contributed by atoms with Crippen molar-refractivity contribution in [1.29, 1.82) is 0 Å². The van der Waals surface area contributed by atoms with Crippen molar-refractivity contribution in [2.45, 2.75) is 13.8 Å². The van der Waals surface area contributed by atoms with Gasteiger partial charge in [0.25, 0.3) is 0 Å². The van der Waals surface area contributed by atoms with Crippen molar-refractivity contribution in [3.63, 3.8) is 0 Å². The molecule has 2 nitrogen and oxygen atoms in total. The molecule has 0 aliphatic carbocycles. The molecule has 0 radical (unpaired) electrons. The Balaban J connectivity index is 2.41. The topological polar surface area (TPSA) is 24.4 Å². The van der Waals surface area contributed by atoms with E-state index in [1.807, 2.05) is 12.4 Å². The van der Waals surface area contributed by atoms with Gasteiger partial charge in [-0.25, -0.2) is 0 Å². The number of hydrogen-bond acceptors (Lipinski definition) is 2. The van der Waals surface area contributed by atoms with Gasteiger partial charge in [0.1, 0.15) is 0 Å². The van der Waals surface area contributed by atoms with Gasteiger partial charge in [0, 0.05) is 18.1 Å². The molecule has 1 aromatic carbocycles. The van der Waals surface area contributed by atoms with Crippen molar-refractivity contribution in [1.82, 2.24) is 5.32 Å². The van der Waals surface area contributed by atoms with Gasteiger partial charge in [-0.2, -0.15) is 0 Å². The maximum atomic E-state index is 4.41. The number of allylic oxidation sites excluding steroid dienone is 3. The Morgan fingerprint density at radius 1 is 1.28 bits per heavy atom. The molecular formula is C16H18N2. The third kappa shape index (κ3) is 3.20. The van der Waals surface area contributed by atoms with E-state index in [1.165, 1.54) is 11.1 Å². The second kappa shape index (κ2) is 5.50. The molecule has 0 fully saturated rings. The number of rotatable bonds is 1.